The number of hydrogen-bond acceptors (Lipinski definition) is 5. The third-order valence-corrected chi connectivity index (χ3v) is 4.73. The maximum Gasteiger partial charge on any atom is 0.186 e. The first-order valence-corrected chi connectivity index (χ1v) is 8.07. The second kappa shape index (κ2) is 6.54. The van der Waals surface area contributed by atoms with Gasteiger partial charge in [-0.15, -0.1) is 0 Å². The smallest absolute Gasteiger partial charge is 0.186 e. The minimum atomic E-state index is -0.433. The van der Waals surface area contributed by atoms with Gasteiger partial charge in [0.2, 0.25) is 0 Å². The molecule has 0 atom stereocenters. The minimum Gasteiger partial charge on any atom is -0.483 e. The van der Waals surface area contributed by atoms with Gasteiger partial charge in [0.15, 0.2) is 11.5 Å². The zero-order chi connectivity index (χ0) is 16.3. The molecule has 3 rings (SSSR count). The van der Waals surface area contributed by atoms with E-state index in [1.54, 1.807) is 7.05 Å². The number of likely N-dealkylation sites (tertiary alicyclic amines) is 1. The standard InChI is InChI=1S/C18H23N3O2/c1-20-17-15(22)11-18(23-16(17)12-19)7-9-21(10-8-18)13-14-5-3-2-4-6-14/h2-6,12,19-20H,7-11,13H2,1H3. The van der Waals surface area contributed by atoms with Crippen LogP contribution in [0.25, 0.3) is 0 Å². The molecule has 0 unspecified atom stereocenters. The summed E-state index contributed by atoms with van der Waals surface area (Å²) in [5, 5.41) is 10.4. The van der Waals surface area contributed by atoms with Crippen LogP contribution in [-0.4, -0.2) is 42.6 Å². The Bertz CT molecular complexity index is 616. The van der Waals surface area contributed by atoms with E-state index >= 15 is 0 Å². The van der Waals surface area contributed by atoms with Gasteiger partial charge in [-0.3, -0.25) is 9.69 Å². The van der Waals surface area contributed by atoms with Crippen LogP contribution in [0.1, 0.15) is 24.8 Å². The van der Waals surface area contributed by atoms with Gasteiger partial charge in [-0.25, -0.2) is 0 Å². The normalized spacial score (nSPS) is 21.2. The molecule has 1 aromatic rings. The summed E-state index contributed by atoms with van der Waals surface area (Å²) in [7, 11) is 1.69. The van der Waals surface area contributed by atoms with Gasteiger partial charge in [-0.05, 0) is 5.56 Å². The number of rotatable bonds is 4. The van der Waals surface area contributed by atoms with Crippen molar-refractivity contribution in [3.63, 3.8) is 0 Å². The van der Waals surface area contributed by atoms with Gasteiger partial charge in [0, 0.05) is 39.5 Å². The number of allylic oxidation sites excluding steroid dienone is 2. The average molecular weight is 313 g/mol. The fourth-order valence-corrected chi connectivity index (χ4v) is 3.44. The van der Waals surface area contributed by atoms with E-state index in [2.05, 4.69) is 34.5 Å². The lowest BCUT2D eigenvalue weighted by Gasteiger charge is -2.44. The third kappa shape index (κ3) is 3.29. The summed E-state index contributed by atoms with van der Waals surface area (Å²) in [4.78, 5) is 14.7. The lowest BCUT2D eigenvalue weighted by atomic mass is 9.83. The summed E-state index contributed by atoms with van der Waals surface area (Å²) in [5.41, 5.74) is 1.30. The predicted molar refractivity (Wildman–Crippen MR) is 89.3 cm³/mol. The molecule has 122 valence electrons. The maximum atomic E-state index is 12.3. The Labute approximate surface area is 136 Å². The number of Topliss-reactive ketones (excluding diaryl/α,β-unsaturated/α-hetero) is 1. The van der Waals surface area contributed by atoms with Gasteiger partial charge in [0.05, 0.1) is 12.6 Å². The van der Waals surface area contributed by atoms with Crippen LogP contribution in [0.4, 0.5) is 0 Å². The van der Waals surface area contributed by atoms with Crippen molar-refractivity contribution in [1.82, 2.24) is 10.2 Å². The zero-order valence-electron chi connectivity index (χ0n) is 13.5. The van der Waals surface area contributed by atoms with Crippen LogP contribution in [0.15, 0.2) is 41.8 Å². The van der Waals surface area contributed by atoms with Crippen molar-refractivity contribution in [3.05, 3.63) is 47.4 Å². The summed E-state index contributed by atoms with van der Waals surface area (Å²) < 4.78 is 6.06. The quantitative estimate of drug-likeness (QED) is 0.836. The monoisotopic (exact) mass is 313 g/mol. The summed E-state index contributed by atoms with van der Waals surface area (Å²) in [5.74, 6) is 0.425. The number of carbonyl (C=O) groups is 1. The Kier molecular flexibility index (Phi) is 4.48. The molecule has 0 bridgehead atoms. The highest BCUT2D eigenvalue weighted by molar-refractivity contribution is 6.01. The van der Waals surface area contributed by atoms with Crippen LogP contribution in [0.3, 0.4) is 0 Å². The average Bonchev–Trinajstić information content (AvgIpc) is 2.57. The Morgan fingerprint density at radius 3 is 2.61 bits per heavy atom. The number of hydrogen-bond donors (Lipinski definition) is 2. The van der Waals surface area contributed by atoms with Crippen molar-refractivity contribution in [1.29, 1.82) is 5.41 Å². The molecule has 0 amide bonds. The minimum absolute atomic E-state index is 0.0498. The van der Waals surface area contributed by atoms with Crippen molar-refractivity contribution in [2.24, 2.45) is 0 Å². The maximum absolute atomic E-state index is 12.3. The molecular weight excluding hydrogens is 290 g/mol. The van der Waals surface area contributed by atoms with Crippen molar-refractivity contribution >= 4 is 12.0 Å². The molecule has 1 saturated heterocycles. The van der Waals surface area contributed by atoms with Crippen LogP contribution in [0, 0.1) is 5.41 Å². The number of ketones is 1. The lowest BCUT2D eigenvalue weighted by Crippen LogP contribution is -2.50. The van der Waals surface area contributed by atoms with E-state index in [0.717, 1.165) is 38.7 Å². The van der Waals surface area contributed by atoms with E-state index in [1.807, 2.05) is 6.07 Å². The van der Waals surface area contributed by atoms with Gasteiger partial charge < -0.3 is 15.5 Å². The largest absolute Gasteiger partial charge is 0.483 e. The Balaban J connectivity index is 1.65. The molecule has 2 aliphatic rings. The second-order valence-electron chi connectivity index (χ2n) is 6.28. The van der Waals surface area contributed by atoms with Gasteiger partial charge in [0.1, 0.15) is 11.3 Å². The van der Waals surface area contributed by atoms with Crippen molar-refractivity contribution < 1.29 is 9.53 Å². The van der Waals surface area contributed by atoms with E-state index in [4.69, 9.17) is 10.1 Å². The summed E-state index contributed by atoms with van der Waals surface area (Å²) in [6, 6.07) is 10.4. The van der Waals surface area contributed by atoms with Crippen molar-refractivity contribution in [2.45, 2.75) is 31.4 Å². The Morgan fingerprint density at radius 1 is 1.30 bits per heavy atom. The van der Waals surface area contributed by atoms with Gasteiger partial charge in [-0.2, -0.15) is 0 Å². The molecule has 0 saturated carbocycles. The molecule has 2 N–H and O–H groups in total. The highest BCUT2D eigenvalue weighted by Gasteiger charge is 2.43. The second-order valence-corrected chi connectivity index (χ2v) is 6.28. The van der Waals surface area contributed by atoms with Crippen LogP contribution in [0.5, 0.6) is 0 Å². The molecule has 2 heterocycles. The fraction of sp³-hybridized carbons (Fsp3) is 0.444. The molecule has 0 aromatic heterocycles. The van der Waals surface area contributed by atoms with E-state index in [9.17, 15) is 4.79 Å². The van der Waals surface area contributed by atoms with E-state index in [1.165, 1.54) is 5.56 Å². The summed E-state index contributed by atoms with van der Waals surface area (Å²) >= 11 is 0. The number of nitrogens with one attached hydrogen (secondary N) is 2. The van der Waals surface area contributed by atoms with Gasteiger partial charge >= 0.3 is 0 Å². The fourth-order valence-electron chi connectivity index (χ4n) is 3.44. The Morgan fingerprint density at radius 2 is 2.00 bits per heavy atom. The number of ether oxygens (including phenoxy) is 1. The molecule has 1 aromatic carbocycles. The molecule has 0 aliphatic carbocycles. The highest BCUT2D eigenvalue weighted by Crippen LogP contribution is 2.36. The lowest BCUT2D eigenvalue weighted by molar-refractivity contribution is -0.129. The molecule has 1 spiro atoms. The highest BCUT2D eigenvalue weighted by atomic mass is 16.5. The summed E-state index contributed by atoms with van der Waals surface area (Å²) in [6.07, 6.45) is 3.18. The van der Waals surface area contributed by atoms with Crippen LogP contribution in [0.2, 0.25) is 0 Å². The molecule has 1 fully saturated rings. The number of carbonyl (C=O) groups excluding carboxylic acids is 1. The first-order valence-electron chi connectivity index (χ1n) is 8.07. The van der Waals surface area contributed by atoms with Gasteiger partial charge in [0.25, 0.3) is 0 Å². The molecular formula is C18H23N3O2. The molecule has 5 heteroatoms. The molecule has 23 heavy (non-hydrogen) atoms. The van der Waals surface area contributed by atoms with Crippen LogP contribution < -0.4 is 5.32 Å². The topological polar surface area (TPSA) is 65.4 Å². The van der Waals surface area contributed by atoms with Crippen LogP contribution in [-0.2, 0) is 16.1 Å². The first-order chi connectivity index (χ1) is 11.2. The Hall–Kier alpha value is -2.14. The van der Waals surface area contributed by atoms with E-state index < -0.39 is 5.60 Å². The summed E-state index contributed by atoms with van der Waals surface area (Å²) in [6.45, 7) is 2.74. The number of likely N-dealkylation sites (N-methyl/N-ethyl adjacent to an activating group) is 1. The van der Waals surface area contributed by atoms with Gasteiger partial charge in [-0.1, -0.05) is 30.3 Å². The molecule has 2 aliphatic heterocycles. The number of benzene rings is 1. The molecule has 0 radical (unpaired) electrons. The first kappa shape index (κ1) is 15.7. The SMILES string of the molecule is CNC1=C(C=N)OC2(CCN(Cc3ccccc3)CC2)CC1=O. The van der Waals surface area contributed by atoms with Crippen LogP contribution >= 0.6 is 0 Å². The molecule has 5 nitrogen and oxygen atoms in total. The van der Waals surface area contributed by atoms with E-state index in [-0.39, 0.29) is 5.78 Å². The van der Waals surface area contributed by atoms with Crippen molar-refractivity contribution in [2.75, 3.05) is 20.1 Å². The number of piperidine rings is 1. The van der Waals surface area contributed by atoms with E-state index in [0.29, 0.717) is 17.9 Å². The zero-order valence-corrected chi connectivity index (χ0v) is 13.5. The predicted octanol–water partition coefficient (Wildman–Crippen LogP) is 2.09. The third-order valence-electron chi connectivity index (χ3n) is 4.73. The number of nitrogens with zero attached hydrogens (tertiary/aromatic N) is 1. The van der Waals surface area contributed by atoms with Crippen molar-refractivity contribution in [3.8, 4) is 0 Å².